The largest absolute Gasteiger partial charge is 0.496 e. The van der Waals surface area contributed by atoms with E-state index in [0.717, 1.165) is 0 Å². The predicted molar refractivity (Wildman–Crippen MR) is 56.1 cm³/mol. The number of ether oxygens (including phenoxy) is 1. The Morgan fingerprint density at radius 3 is 2.57 bits per heavy atom. The number of benzene rings is 1. The van der Waals surface area contributed by atoms with Gasteiger partial charge in [-0.05, 0) is 35.0 Å². The van der Waals surface area contributed by atoms with Crippen molar-refractivity contribution in [2.45, 2.75) is 6.92 Å². The maximum atomic E-state index is 11.3. The standard InChI is InChI=1S/C10H9BrO3/c1-6(13)9-7(5-12)3-4-8(14-2)10(9)11/h3-5H,1-2H3. The Hall–Kier alpha value is -1.16. The summed E-state index contributed by atoms with van der Waals surface area (Å²) in [5, 5.41) is 0. The van der Waals surface area contributed by atoms with Gasteiger partial charge in [-0.15, -0.1) is 0 Å². The Morgan fingerprint density at radius 2 is 2.14 bits per heavy atom. The van der Waals surface area contributed by atoms with Crippen molar-refractivity contribution in [3.8, 4) is 5.75 Å². The van der Waals surface area contributed by atoms with Crippen molar-refractivity contribution in [3.63, 3.8) is 0 Å². The zero-order valence-corrected chi connectivity index (χ0v) is 9.42. The van der Waals surface area contributed by atoms with Crippen molar-refractivity contribution in [2.24, 2.45) is 0 Å². The van der Waals surface area contributed by atoms with Gasteiger partial charge >= 0.3 is 0 Å². The van der Waals surface area contributed by atoms with E-state index in [1.54, 1.807) is 12.1 Å². The lowest BCUT2D eigenvalue weighted by molar-refractivity contribution is 0.100. The zero-order valence-electron chi connectivity index (χ0n) is 7.83. The van der Waals surface area contributed by atoms with E-state index < -0.39 is 0 Å². The summed E-state index contributed by atoms with van der Waals surface area (Å²) in [7, 11) is 1.50. The van der Waals surface area contributed by atoms with Crippen LogP contribution in [0, 0.1) is 0 Å². The predicted octanol–water partition coefficient (Wildman–Crippen LogP) is 2.47. The lowest BCUT2D eigenvalue weighted by Crippen LogP contribution is -2.01. The number of hydrogen-bond acceptors (Lipinski definition) is 3. The van der Waals surface area contributed by atoms with Gasteiger partial charge in [-0.3, -0.25) is 9.59 Å². The second-order valence-corrected chi connectivity index (χ2v) is 3.51. The lowest BCUT2D eigenvalue weighted by Gasteiger charge is -2.08. The van der Waals surface area contributed by atoms with Crippen molar-refractivity contribution >= 4 is 28.0 Å². The monoisotopic (exact) mass is 256 g/mol. The Morgan fingerprint density at radius 1 is 1.50 bits per heavy atom. The molecule has 1 aromatic rings. The molecule has 0 saturated heterocycles. The highest BCUT2D eigenvalue weighted by Crippen LogP contribution is 2.30. The number of aldehydes is 1. The molecule has 0 aliphatic carbocycles. The van der Waals surface area contributed by atoms with Gasteiger partial charge < -0.3 is 4.74 Å². The molecule has 0 amide bonds. The fourth-order valence-corrected chi connectivity index (χ4v) is 1.99. The summed E-state index contributed by atoms with van der Waals surface area (Å²) in [5.74, 6) is 0.374. The Balaban J connectivity index is 3.46. The maximum Gasteiger partial charge on any atom is 0.161 e. The molecule has 1 rings (SSSR count). The zero-order chi connectivity index (χ0) is 10.7. The molecule has 0 unspecified atom stereocenters. The summed E-state index contributed by atoms with van der Waals surface area (Å²) in [6, 6.07) is 3.20. The van der Waals surface area contributed by atoms with Gasteiger partial charge in [-0.2, -0.15) is 0 Å². The smallest absolute Gasteiger partial charge is 0.161 e. The summed E-state index contributed by atoms with van der Waals surface area (Å²) < 4.78 is 5.55. The van der Waals surface area contributed by atoms with Crippen molar-refractivity contribution in [3.05, 3.63) is 27.7 Å². The Labute approximate surface area is 90.2 Å². The molecular formula is C10H9BrO3. The molecule has 0 bridgehead atoms. The highest BCUT2D eigenvalue weighted by atomic mass is 79.9. The number of halogens is 1. The van der Waals surface area contributed by atoms with Crippen LogP contribution >= 0.6 is 15.9 Å². The van der Waals surface area contributed by atoms with Gasteiger partial charge in [0, 0.05) is 11.1 Å². The van der Waals surface area contributed by atoms with Crippen molar-refractivity contribution in [1.82, 2.24) is 0 Å². The van der Waals surface area contributed by atoms with Crippen LogP contribution in [0.2, 0.25) is 0 Å². The molecule has 74 valence electrons. The molecule has 0 N–H and O–H groups in total. The average Bonchev–Trinajstić information content (AvgIpc) is 2.16. The van der Waals surface area contributed by atoms with Crippen LogP contribution < -0.4 is 4.74 Å². The van der Waals surface area contributed by atoms with Gasteiger partial charge in [0.2, 0.25) is 0 Å². The normalized spacial score (nSPS) is 9.64. The summed E-state index contributed by atoms with van der Waals surface area (Å²) in [5.41, 5.74) is 0.726. The van der Waals surface area contributed by atoms with E-state index in [1.807, 2.05) is 0 Å². The van der Waals surface area contributed by atoms with Gasteiger partial charge in [0.15, 0.2) is 12.1 Å². The van der Waals surface area contributed by atoms with Gasteiger partial charge in [-0.1, -0.05) is 0 Å². The van der Waals surface area contributed by atoms with Crippen molar-refractivity contribution in [1.29, 1.82) is 0 Å². The fourth-order valence-electron chi connectivity index (χ4n) is 1.19. The molecule has 0 radical (unpaired) electrons. The van der Waals surface area contributed by atoms with E-state index in [0.29, 0.717) is 27.6 Å². The minimum absolute atomic E-state index is 0.169. The molecular weight excluding hydrogens is 248 g/mol. The molecule has 0 aliphatic heterocycles. The molecule has 0 heterocycles. The molecule has 0 fully saturated rings. The first-order chi connectivity index (χ1) is 6.61. The summed E-state index contributed by atoms with van der Waals surface area (Å²) in [6.07, 6.45) is 0.654. The van der Waals surface area contributed by atoms with Gasteiger partial charge in [0.05, 0.1) is 11.6 Å². The SMILES string of the molecule is COc1ccc(C=O)c(C(C)=O)c1Br. The molecule has 3 nitrogen and oxygen atoms in total. The number of rotatable bonds is 3. The maximum absolute atomic E-state index is 11.3. The number of Topliss-reactive ketones (excluding diaryl/α,β-unsaturated/α-hetero) is 1. The third-order valence-corrected chi connectivity index (χ3v) is 2.62. The van der Waals surface area contributed by atoms with Crippen LogP contribution in [-0.4, -0.2) is 19.2 Å². The molecule has 0 saturated carbocycles. The first-order valence-corrected chi connectivity index (χ1v) is 4.73. The molecule has 0 atom stereocenters. The van der Waals surface area contributed by atoms with E-state index >= 15 is 0 Å². The van der Waals surface area contributed by atoms with E-state index in [-0.39, 0.29) is 5.78 Å². The van der Waals surface area contributed by atoms with Crippen molar-refractivity contribution in [2.75, 3.05) is 7.11 Å². The molecule has 4 heteroatoms. The number of methoxy groups -OCH3 is 1. The Bertz CT molecular complexity index is 385. The van der Waals surface area contributed by atoms with Gasteiger partial charge in [0.25, 0.3) is 0 Å². The highest BCUT2D eigenvalue weighted by molar-refractivity contribution is 9.10. The van der Waals surface area contributed by atoms with Crippen LogP contribution in [-0.2, 0) is 0 Å². The first-order valence-electron chi connectivity index (χ1n) is 3.94. The molecule has 14 heavy (non-hydrogen) atoms. The van der Waals surface area contributed by atoms with Crippen LogP contribution in [0.5, 0.6) is 5.75 Å². The number of hydrogen-bond donors (Lipinski definition) is 0. The van der Waals surface area contributed by atoms with Crippen LogP contribution in [0.3, 0.4) is 0 Å². The van der Waals surface area contributed by atoms with Crippen LogP contribution in [0.25, 0.3) is 0 Å². The average molecular weight is 257 g/mol. The molecule has 0 aliphatic rings. The molecule has 1 aromatic carbocycles. The van der Waals surface area contributed by atoms with Crippen molar-refractivity contribution < 1.29 is 14.3 Å². The Kier molecular flexibility index (Phi) is 3.41. The summed E-state index contributed by atoms with van der Waals surface area (Å²) in [6.45, 7) is 1.41. The van der Waals surface area contributed by atoms with Gasteiger partial charge in [0.1, 0.15) is 5.75 Å². The number of ketones is 1. The highest BCUT2D eigenvalue weighted by Gasteiger charge is 2.14. The van der Waals surface area contributed by atoms with E-state index in [9.17, 15) is 9.59 Å². The minimum atomic E-state index is -0.169. The third-order valence-electron chi connectivity index (χ3n) is 1.84. The topological polar surface area (TPSA) is 43.4 Å². The third kappa shape index (κ3) is 1.85. The first kappa shape index (κ1) is 10.9. The molecule has 0 aromatic heterocycles. The summed E-state index contributed by atoms with van der Waals surface area (Å²) >= 11 is 3.23. The molecule has 0 spiro atoms. The number of carbonyl (C=O) groups excluding carboxylic acids is 2. The van der Waals surface area contributed by atoms with Crippen LogP contribution in [0.1, 0.15) is 27.6 Å². The summed E-state index contributed by atoms with van der Waals surface area (Å²) in [4.78, 5) is 21.9. The second kappa shape index (κ2) is 4.37. The minimum Gasteiger partial charge on any atom is -0.496 e. The lowest BCUT2D eigenvalue weighted by atomic mass is 10.1. The van der Waals surface area contributed by atoms with Crippen LogP contribution in [0.15, 0.2) is 16.6 Å². The number of carbonyl (C=O) groups is 2. The fraction of sp³-hybridized carbons (Fsp3) is 0.200. The second-order valence-electron chi connectivity index (χ2n) is 2.72. The van der Waals surface area contributed by atoms with Crippen LogP contribution in [0.4, 0.5) is 0 Å². The van der Waals surface area contributed by atoms with Gasteiger partial charge in [-0.25, -0.2) is 0 Å². The quantitative estimate of drug-likeness (QED) is 0.617. The van der Waals surface area contributed by atoms with E-state index in [1.165, 1.54) is 14.0 Å². The van der Waals surface area contributed by atoms with E-state index in [2.05, 4.69) is 15.9 Å². The van der Waals surface area contributed by atoms with E-state index in [4.69, 9.17) is 4.74 Å².